The number of hydrogen-bond donors (Lipinski definition) is 0. The molecule has 0 saturated carbocycles. The minimum Gasteiger partial charge on any atom is -0.491 e. The molecule has 2 aliphatic rings. The van der Waals surface area contributed by atoms with Gasteiger partial charge in [0.05, 0.1) is 19.8 Å². The Morgan fingerprint density at radius 2 is 1.85 bits per heavy atom. The van der Waals surface area contributed by atoms with Crippen LogP contribution in [0.4, 0.5) is 10.1 Å². The summed E-state index contributed by atoms with van der Waals surface area (Å²) in [6.45, 7) is 4.48. The minimum absolute atomic E-state index is 0.183. The maximum absolute atomic E-state index is 13.5. The molecule has 4 rings (SSSR count). The predicted molar refractivity (Wildman–Crippen MR) is 96.1 cm³/mol. The molecule has 0 bridgehead atoms. The summed E-state index contributed by atoms with van der Waals surface area (Å²) in [6.07, 6.45) is 0. The standard InChI is InChI=1S/C20H21FN2O3/c21-17-3-1-2-15(12-17)20(24)23-8-11-26-19-5-4-18(13-16(19)14-23)22-6-9-25-10-7-22/h1-5,12-13H,6-11,14H2. The second kappa shape index (κ2) is 7.33. The molecule has 0 atom stereocenters. The smallest absolute Gasteiger partial charge is 0.254 e. The molecule has 0 aromatic heterocycles. The molecule has 0 N–H and O–H groups in total. The van der Waals surface area contributed by atoms with E-state index in [0.29, 0.717) is 25.3 Å². The van der Waals surface area contributed by atoms with Gasteiger partial charge in [-0.05, 0) is 36.4 Å². The predicted octanol–water partition coefficient (Wildman–Crippen LogP) is 2.70. The number of ether oxygens (including phenoxy) is 2. The topological polar surface area (TPSA) is 42.0 Å². The van der Waals surface area contributed by atoms with E-state index in [1.807, 2.05) is 12.1 Å². The summed E-state index contributed by atoms with van der Waals surface area (Å²) in [5, 5.41) is 0. The van der Waals surface area contributed by atoms with Gasteiger partial charge in [-0.25, -0.2) is 4.39 Å². The summed E-state index contributed by atoms with van der Waals surface area (Å²) in [4.78, 5) is 16.8. The molecule has 0 radical (unpaired) electrons. The highest BCUT2D eigenvalue weighted by molar-refractivity contribution is 5.94. The molecule has 0 aliphatic carbocycles. The number of anilines is 1. The molecule has 0 unspecified atom stereocenters. The zero-order valence-corrected chi connectivity index (χ0v) is 14.5. The van der Waals surface area contributed by atoms with E-state index in [0.717, 1.165) is 43.3 Å². The molecule has 5 nitrogen and oxygen atoms in total. The summed E-state index contributed by atoms with van der Waals surface area (Å²) in [5.41, 5.74) is 2.43. The highest BCUT2D eigenvalue weighted by atomic mass is 19.1. The zero-order chi connectivity index (χ0) is 17.9. The second-order valence-corrected chi connectivity index (χ2v) is 6.48. The number of halogens is 1. The molecule has 2 heterocycles. The quantitative estimate of drug-likeness (QED) is 0.830. The number of morpholine rings is 1. The Kier molecular flexibility index (Phi) is 4.75. The lowest BCUT2D eigenvalue weighted by Crippen LogP contribution is -2.36. The second-order valence-electron chi connectivity index (χ2n) is 6.48. The van der Waals surface area contributed by atoms with E-state index in [4.69, 9.17) is 9.47 Å². The van der Waals surface area contributed by atoms with Crippen LogP contribution in [0, 0.1) is 5.82 Å². The fourth-order valence-corrected chi connectivity index (χ4v) is 3.38. The number of carbonyl (C=O) groups is 1. The summed E-state index contributed by atoms with van der Waals surface area (Å²) in [7, 11) is 0. The van der Waals surface area contributed by atoms with Crippen molar-refractivity contribution in [2.45, 2.75) is 6.54 Å². The summed E-state index contributed by atoms with van der Waals surface area (Å²) < 4.78 is 24.7. The van der Waals surface area contributed by atoms with E-state index in [1.165, 1.54) is 12.1 Å². The number of carbonyl (C=O) groups excluding carboxylic acids is 1. The zero-order valence-electron chi connectivity index (χ0n) is 14.5. The van der Waals surface area contributed by atoms with Crippen LogP contribution in [-0.4, -0.2) is 50.3 Å². The first-order valence-corrected chi connectivity index (χ1v) is 8.84. The molecule has 1 saturated heterocycles. The first kappa shape index (κ1) is 16.8. The van der Waals surface area contributed by atoms with E-state index < -0.39 is 5.82 Å². The van der Waals surface area contributed by atoms with Crippen LogP contribution in [0.25, 0.3) is 0 Å². The maximum atomic E-state index is 13.5. The molecule has 2 aromatic rings. The number of rotatable bonds is 2. The molecule has 2 aromatic carbocycles. The summed E-state index contributed by atoms with van der Waals surface area (Å²) in [5.74, 6) is 0.214. The molecular weight excluding hydrogens is 335 g/mol. The van der Waals surface area contributed by atoms with Crippen LogP contribution >= 0.6 is 0 Å². The van der Waals surface area contributed by atoms with Gasteiger partial charge in [0.15, 0.2) is 0 Å². The summed E-state index contributed by atoms with van der Waals surface area (Å²) >= 11 is 0. The van der Waals surface area contributed by atoms with Crippen molar-refractivity contribution in [1.82, 2.24) is 4.90 Å². The Bertz CT molecular complexity index is 805. The van der Waals surface area contributed by atoms with Gasteiger partial charge < -0.3 is 19.3 Å². The van der Waals surface area contributed by atoms with Crippen LogP contribution in [0.1, 0.15) is 15.9 Å². The molecule has 26 heavy (non-hydrogen) atoms. The van der Waals surface area contributed by atoms with E-state index in [1.54, 1.807) is 17.0 Å². The Morgan fingerprint density at radius 3 is 2.65 bits per heavy atom. The van der Waals surface area contributed by atoms with Gasteiger partial charge in [0.25, 0.3) is 5.91 Å². The highest BCUT2D eigenvalue weighted by Gasteiger charge is 2.22. The van der Waals surface area contributed by atoms with Gasteiger partial charge in [0, 0.05) is 36.4 Å². The Hall–Kier alpha value is -2.60. The number of nitrogens with zero attached hydrogens (tertiary/aromatic N) is 2. The normalized spacial score (nSPS) is 17.3. The third kappa shape index (κ3) is 3.51. The average molecular weight is 356 g/mol. The van der Waals surface area contributed by atoms with Crippen LogP contribution in [0.2, 0.25) is 0 Å². The van der Waals surface area contributed by atoms with Crippen LogP contribution in [-0.2, 0) is 11.3 Å². The fourth-order valence-electron chi connectivity index (χ4n) is 3.38. The molecule has 6 heteroatoms. The third-order valence-electron chi connectivity index (χ3n) is 4.76. The van der Waals surface area contributed by atoms with E-state index in [2.05, 4.69) is 11.0 Å². The van der Waals surface area contributed by atoms with E-state index in [9.17, 15) is 9.18 Å². The van der Waals surface area contributed by atoms with Crippen molar-refractivity contribution in [1.29, 1.82) is 0 Å². The first-order chi connectivity index (χ1) is 12.7. The number of hydrogen-bond acceptors (Lipinski definition) is 4. The van der Waals surface area contributed by atoms with Gasteiger partial charge in [-0.1, -0.05) is 6.07 Å². The van der Waals surface area contributed by atoms with Gasteiger partial charge in [-0.15, -0.1) is 0 Å². The van der Waals surface area contributed by atoms with Gasteiger partial charge in [0.2, 0.25) is 0 Å². The number of fused-ring (bicyclic) bond motifs is 1. The molecule has 2 aliphatic heterocycles. The summed E-state index contributed by atoms with van der Waals surface area (Å²) in [6, 6.07) is 11.9. The van der Waals surface area contributed by atoms with Crippen molar-refractivity contribution in [3.05, 3.63) is 59.4 Å². The van der Waals surface area contributed by atoms with Crippen LogP contribution < -0.4 is 9.64 Å². The van der Waals surface area contributed by atoms with Crippen molar-refractivity contribution in [3.63, 3.8) is 0 Å². The largest absolute Gasteiger partial charge is 0.491 e. The molecular formula is C20H21FN2O3. The molecule has 1 fully saturated rings. The lowest BCUT2D eigenvalue weighted by atomic mass is 10.1. The maximum Gasteiger partial charge on any atom is 0.254 e. The first-order valence-electron chi connectivity index (χ1n) is 8.84. The van der Waals surface area contributed by atoms with Crippen LogP contribution in [0.5, 0.6) is 5.75 Å². The molecule has 1 amide bonds. The monoisotopic (exact) mass is 356 g/mol. The highest BCUT2D eigenvalue weighted by Crippen LogP contribution is 2.29. The van der Waals surface area contributed by atoms with Gasteiger partial charge in [0.1, 0.15) is 18.2 Å². The molecule has 136 valence electrons. The van der Waals surface area contributed by atoms with Crippen LogP contribution in [0.15, 0.2) is 42.5 Å². The molecule has 0 spiro atoms. The van der Waals surface area contributed by atoms with Gasteiger partial charge in [-0.2, -0.15) is 0 Å². The average Bonchev–Trinajstić information content (AvgIpc) is 2.90. The Morgan fingerprint density at radius 1 is 1.00 bits per heavy atom. The van der Waals surface area contributed by atoms with Gasteiger partial charge >= 0.3 is 0 Å². The van der Waals surface area contributed by atoms with Crippen molar-refractivity contribution >= 4 is 11.6 Å². The van der Waals surface area contributed by atoms with Crippen molar-refractivity contribution < 1.29 is 18.7 Å². The van der Waals surface area contributed by atoms with Crippen molar-refractivity contribution in [3.8, 4) is 5.75 Å². The number of benzene rings is 2. The lowest BCUT2D eigenvalue weighted by Gasteiger charge is -2.29. The minimum atomic E-state index is -0.406. The van der Waals surface area contributed by atoms with E-state index >= 15 is 0 Å². The Labute approximate surface area is 151 Å². The van der Waals surface area contributed by atoms with E-state index in [-0.39, 0.29) is 5.91 Å². The third-order valence-corrected chi connectivity index (χ3v) is 4.76. The number of amides is 1. The lowest BCUT2D eigenvalue weighted by molar-refractivity contribution is 0.0732. The van der Waals surface area contributed by atoms with Crippen molar-refractivity contribution in [2.75, 3.05) is 44.4 Å². The van der Waals surface area contributed by atoms with Gasteiger partial charge in [-0.3, -0.25) is 4.79 Å². The Balaban J connectivity index is 1.57. The SMILES string of the molecule is O=C(c1cccc(F)c1)N1CCOc2ccc(N3CCOCC3)cc2C1. The van der Waals surface area contributed by atoms with Crippen molar-refractivity contribution in [2.24, 2.45) is 0 Å². The fraction of sp³-hybridized carbons (Fsp3) is 0.350. The van der Waals surface area contributed by atoms with Crippen LogP contribution in [0.3, 0.4) is 0 Å².